The standard InChI is InChI=1S/C7H4ClFINO2/c8-3-1-2-4(13-7(11)12)6(10)5(3)9/h1-2H,(H2,11,12). The molecule has 0 aliphatic heterocycles. The summed E-state index contributed by atoms with van der Waals surface area (Å²) >= 11 is 7.14. The van der Waals surface area contributed by atoms with Crippen LogP contribution in [0.25, 0.3) is 0 Å². The van der Waals surface area contributed by atoms with Crippen LogP contribution >= 0.6 is 34.2 Å². The highest BCUT2D eigenvalue weighted by molar-refractivity contribution is 14.1. The number of rotatable bonds is 1. The zero-order valence-electron chi connectivity index (χ0n) is 6.18. The van der Waals surface area contributed by atoms with Gasteiger partial charge in [0.05, 0.1) is 8.59 Å². The monoisotopic (exact) mass is 315 g/mol. The number of nitrogens with two attached hydrogens (primary N) is 1. The molecule has 0 heterocycles. The van der Waals surface area contributed by atoms with Gasteiger partial charge in [-0.1, -0.05) is 11.6 Å². The number of carbonyl (C=O) groups is 1. The lowest BCUT2D eigenvalue weighted by atomic mass is 10.3. The van der Waals surface area contributed by atoms with Crippen molar-refractivity contribution in [3.8, 4) is 5.75 Å². The molecule has 1 aromatic carbocycles. The highest BCUT2D eigenvalue weighted by Crippen LogP contribution is 2.28. The molecule has 0 atom stereocenters. The number of amides is 1. The first-order valence-corrected chi connectivity index (χ1v) is 4.59. The molecule has 1 rings (SSSR count). The van der Waals surface area contributed by atoms with E-state index in [1.807, 2.05) is 0 Å². The van der Waals surface area contributed by atoms with Crippen molar-refractivity contribution in [2.75, 3.05) is 0 Å². The Hall–Kier alpha value is -0.560. The van der Waals surface area contributed by atoms with Gasteiger partial charge in [-0.2, -0.15) is 0 Å². The molecule has 6 heteroatoms. The van der Waals surface area contributed by atoms with Crippen LogP contribution < -0.4 is 10.5 Å². The Morgan fingerprint density at radius 3 is 2.77 bits per heavy atom. The van der Waals surface area contributed by atoms with Gasteiger partial charge in [-0.15, -0.1) is 0 Å². The smallest absolute Gasteiger partial charge is 0.409 e. The fourth-order valence-corrected chi connectivity index (χ4v) is 1.59. The Kier molecular flexibility index (Phi) is 3.32. The third kappa shape index (κ3) is 2.44. The summed E-state index contributed by atoms with van der Waals surface area (Å²) in [6.45, 7) is 0. The second-order valence-corrected chi connectivity index (χ2v) is 3.58. The molecule has 1 aromatic rings. The summed E-state index contributed by atoms with van der Waals surface area (Å²) < 4.78 is 17.7. The predicted molar refractivity (Wildman–Crippen MR) is 54.3 cm³/mol. The number of hydrogen-bond donors (Lipinski definition) is 1. The third-order valence-electron chi connectivity index (χ3n) is 1.21. The molecular weight excluding hydrogens is 311 g/mol. The van der Waals surface area contributed by atoms with Gasteiger partial charge in [0, 0.05) is 0 Å². The molecule has 0 spiro atoms. The topological polar surface area (TPSA) is 52.3 Å². The van der Waals surface area contributed by atoms with Crippen LogP contribution in [0.2, 0.25) is 5.02 Å². The number of halogens is 3. The molecule has 13 heavy (non-hydrogen) atoms. The molecular formula is C7H4ClFINO2. The number of carbonyl (C=O) groups excluding carboxylic acids is 1. The fourth-order valence-electron chi connectivity index (χ4n) is 0.695. The number of ether oxygens (including phenoxy) is 1. The third-order valence-corrected chi connectivity index (χ3v) is 2.51. The van der Waals surface area contributed by atoms with Gasteiger partial charge in [-0.25, -0.2) is 9.18 Å². The highest BCUT2D eigenvalue weighted by Gasteiger charge is 2.12. The van der Waals surface area contributed by atoms with Crippen LogP contribution in [0.1, 0.15) is 0 Å². The Bertz CT molecular complexity index is 359. The van der Waals surface area contributed by atoms with Gasteiger partial charge in [0.1, 0.15) is 5.75 Å². The molecule has 0 saturated heterocycles. The van der Waals surface area contributed by atoms with E-state index in [9.17, 15) is 9.18 Å². The molecule has 0 aliphatic rings. The van der Waals surface area contributed by atoms with Crippen LogP contribution in [0.15, 0.2) is 12.1 Å². The molecule has 0 aromatic heterocycles. The molecule has 0 fully saturated rings. The number of primary amides is 1. The maximum absolute atomic E-state index is 13.1. The maximum atomic E-state index is 13.1. The van der Waals surface area contributed by atoms with E-state index in [0.717, 1.165) is 0 Å². The quantitative estimate of drug-likeness (QED) is 0.639. The largest absolute Gasteiger partial charge is 0.410 e. The summed E-state index contributed by atoms with van der Waals surface area (Å²) in [6, 6.07) is 2.66. The first-order chi connectivity index (χ1) is 6.02. The number of hydrogen-bond acceptors (Lipinski definition) is 2. The normalized spacial score (nSPS) is 9.77. The van der Waals surface area contributed by atoms with Gasteiger partial charge in [0.25, 0.3) is 0 Å². The van der Waals surface area contributed by atoms with Gasteiger partial charge in [0.15, 0.2) is 5.82 Å². The Morgan fingerprint density at radius 2 is 2.23 bits per heavy atom. The van der Waals surface area contributed by atoms with Gasteiger partial charge in [-0.05, 0) is 34.7 Å². The van der Waals surface area contributed by atoms with Gasteiger partial charge in [0.2, 0.25) is 0 Å². The van der Waals surface area contributed by atoms with Gasteiger partial charge >= 0.3 is 6.09 Å². The van der Waals surface area contributed by atoms with Gasteiger partial charge < -0.3 is 10.5 Å². The van der Waals surface area contributed by atoms with Crippen molar-refractivity contribution in [2.45, 2.75) is 0 Å². The van der Waals surface area contributed by atoms with Crippen molar-refractivity contribution < 1.29 is 13.9 Å². The maximum Gasteiger partial charge on any atom is 0.410 e. The zero-order valence-corrected chi connectivity index (χ0v) is 9.10. The van der Waals surface area contributed by atoms with E-state index < -0.39 is 11.9 Å². The molecule has 70 valence electrons. The van der Waals surface area contributed by atoms with Crippen molar-refractivity contribution in [3.05, 3.63) is 26.5 Å². The lowest BCUT2D eigenvalue weighted by Crippen LogP contribution is -2.17. The lowest BCUT2D eigenvalue weighted by molar-refractivity contribution is 0.210. The van der Waals surface area contributed by atoms with Crippen molar-refractivity contribution in [2.24, 2.45) is 5.73 Å². The molecule has 1 amide bonds. The van der Waals surface area contributed by atoms with Crippen LogP contribution in [0.3, 0.4) is 0 Å². The first kappa shape index (κ1) is 10.5. The van der Waals surface area contributed by atoms with Crippen molar-refractivity contribution in [1.29, 1.82) is 0 Å². The molecule has 0 unspecified atom stereocenters. The summed E-state index contributed by atoms with van der Waals surface area (Å²) in [6.07, 6.45) is -0.986. The lowest BCUT2D eigenvalue weighted by Gasteiger charge is -2.04. The van der Waals surface area contributed by atoms with E-state index in [1.54, 1.807) is 22.6 Å². The number of benzene rings is 1. The van der Waals surface area contributed by atoms with Crippen LogP contribution in [-0.2, 0) is 0 Å². The van der Waals surface area contributed by atoms with E-state index in [0.29, 0.717) is 0 Å². The molecule has 3 nitrogen and oxygen atoms in total. The SMILES string of the molecule is NC(=O)Oc1ccc(Cl)c(F)c1I. The molecule has 0 radical (unpaired) electrons. The van der Waals surface area contributed by atoms with Gasteiger partial charge in [-0.3, -0.25) is 0 Å². The predicted octanol–water partition coefficient (Wildman–Crippen LogP) is 2.54. The minimum absolute atomic E-state index is 0.0266. The van der Waals surface area contributed by atoms with E-state index in [4.69, 9.17) is 17.3 Å². The summed E-state index contributed by atoms with van der Waals surface area (Å²) in [5.41, 5.74) is 4.76. The second kappa shape index (κ2) is 4.10. The van der Waals surface area contributed by atoms with E-state index in [1.165, 1.54) is 12.1 Å². The molecule has 0 aliphatic carbocycles. The highest BCUT2D eigenvalue weighted by atomic mass is 127. The van der Waals surface area contributed by atoms with Crippen LogP contribution in [0, 0.1) is 9.39 Å². The fraction of sp³-hybridized carbons (Fsp3) is 0. The van der Waals surface area contributed by atoms with Crippen LogP contribution in [0.4, 0.5) is 9.18 Å². The van der Waals surface area contributed by atoms with Crippen molar-refractivity contribution in [1.82, 2.24) is 0 Å². The minimum Gasteiger partial charge on any atom is -0.409 e. The zero-order chi connectivity index (χ0) is 10.0. The molecule has 0 saturated carbocycles. The van der Waals surface area contributed by atoms with E-state index >= 15 is 0 Å². The van der Waals surface area contributed by atoms with Crippen molar-refractivity contribution in [3.63, 3.8) is 0 Å². The average molecular weight is 315 g/mol. The van der Waals surface area contributed by atoms with Crippen LogP contribution in [0.5, 0.6) is 5.75 Å². The summed E-state index contributed by atoms with van der Waals surface area (Å²) in [4.78, 5) is 10.4. The van der Waals surface area contributed by atoms with Crippen LogP contribution in [-0.4, -0.2) is 6.09 Å². The Balaban J connectivity index is 3.10. The average Bonchev–Trinajstić information content (AvgIpc) is 2.06. The summed E-state index contributed by atoms with van der Waals surface area (Å²) in [7, 11) is 0. The van der Waals surface area contributed by atoms with E-state index in [-0.39, 0.29) is 14.3 Å². The van der Waals surface area contributed by atoms with Crippen molar-refractivity contribution >= 4 is 40.3 Å². The molecule has 2 N–H and O–H groups in total. The summed E-state index contributed by atoms with van der Waals surface area (Å²) in [5.74, 6) is -0.559. The molecule has 0 bridgehead atoms. The Labute approximate surface area is 92.1 Å². The van der Waals surface area contributed by atoms with E-state index in [2.05, 4.69) is 4.74 Å². The minimum atomic E-state index is -0.986. The first-order valence-electron chi connectivity index (χ1n) is 3.13. The summed E-state index contributed by atoms with van der Waals surface area (Å²) in [5, 5.41) is -0.0266. The second-order valence-electron chi connectivity index (χ2n) is 2.09. The Morgan fingerprint density at radius 1 is 1.62 bits per heavy atom.